The Kier molecular flexibility index (Phi) is 3.99. The van der Waals surface area contributed by atoms with E-state index in [1.165, 1.54) is 29.6 Å². The van der Waals surface area contributed by atoms with Gasteiger partial charge in [0.15, 0.2) is 0 Å². The molecule has 1 heterocycles. The Balaban J connectivity index is 1.68. The molecule has 0 amide bonds. The Morgan fingerprint density at radius 3 is 2.96 bits per heavy atom. The van der Waals surface area contributed by atoms with Crippen LogP contribution < -0.4 is 11.1 Å². The number of fused-ring (bicyclic) bond motifs is 2. The summed E-state index contributed by atoms with van der Waals surface area (Å²) in [6.07, 6.45) is 14.2. The van der Waals surface area contributed by atoms with Gasteiger partial charge < -0.3 is 16.2 Å². The highest BCUT2D eigenvalue weighted by Gasteiger charge is 2.56. The van der Waals surface area contributed by atoms with E-state index in [0.29, 0.717) is 18.2 Å². The average Bonchev–Trinajstić information content (AvgIpc) is 3.40. The summed E-state index contributed by atoms with van der Waals surface area (Å²) in [5, 5.41) is 14.2. The van der Waals surface area contributed by atoms with Crippen molar-refractivity contribution in [2.75, 3.05) is 13.1 Å². The summed E-state index contributed by atoms with van der Waals surface area (Å²) in [6.45, 7) is 7.56. The van der Waals surface area contributed by atoms with Gasteiger partial charge in [0.05, 0.1) is 0 Å². The number of aliphatic hydroxyl groups excluding tert-OH is 1. The summed E-state index contributed by atoms with van der Waals surface area (Å²) >= 11 is 0. The minimum absolute atomic E-state index is 0.0386. The van der Waals surface area contributed by atoms with Gasteiger partial charge in [0.25, 0.3) is 0 Å². The van der Waals surface area contributed by atoms with Gasteiger partial charge in [-0.3, -0.25) is 0 Å². The third-order valence-electron chi connectivity index (χ3n) is 6.39. The largest absolute Gasteiger partial charge is 0.507 e. The monoisotopic (exact) mass is 336 g/mol. The Morgan fingerprint density at radius 2 is 2.20 bits per heavy atom. The summed E-state index contributed by atoms with van der Waals surface area (Å²) in [5.41, 5.74) is 13.4. The van der Waals surface area contributed by atoms with Crippen molar-refractivity contribution in [3.63, 3.8) is 0 Å². The fourth-order valence-corrected chi connectivity index (χ4v) is 5.08. The first-order valence-electron chi connectivity index (χ1n) is 9.48. The van der Waals surface area contributed by atoms with Gasteiger partial charge in [-0.15, -0.1) is 0 Å². The molecular formula is C22H28N2O. The van der Waals surface area contributed by atoms with Crippen LogP contribution in [0.5, 0.6) is 0 Å². The van der Waals surface area contributed by atoms with E-state index in [1.54, 1.807) is 0 Å². The maximum atomic E-state index is 10.8. The van der Waals surface area contributed by atoms with E-state index in [0.717, 1.165) is 42.7 Å². The molecule has 0 aromatic carbocycles. The summed E-state index contributed by atoms with van der Waals surface area (Å²) in [4.78, 5) is 0. The molecule has 2 unspecified atom stereocenters. The molecule has 0 aromatic rings. The van der Waals surface area contributed by atoms with E-state index in [-0.39, 0.29) is 5.41 Å². The van der Waals surface area contributed by atoms with E-state index in [4.69, 9.17) is 5.73 Å². The Morgan fingerprint density at radius 1 is 1.40 bits per heavy atom. The number of allylic oxidation sites excluding steroid dienone is 6. The Labute approximate surface area is 150 Å². The first kappa shape index (κ1) is 16.5. The van der Waals surface area contributed by atoms with Crippen molar-refractivity contribution < 1.29 is 5.11 Å². The lowest BCUT2D eigenvalue weighted by molar-refractivity contribution is 0.345. The molecule has 4 aliphatic rings. The molecule has 0 aromatic heterocycles. The first-order chi connectivity index (χ1) is 12.1. The highest BCUT2D eigenvalue weighted by Crippen LogP contribution is 2.65. The number of nitrogens with two attached hydrogens (primary N) is 1. The molecule has 0 bridgehead atoms. The average molecular weight is 336 g/mol. The van der Waals surface area contributed by atoms with Crippen molar-refractivity contribution >= 4 is 0 Å². The van der Waals surface area contributed by atoms with Crippen LogP contribution in [0.25, 0.3) is 0 Å². The Hall–Kier alpha value is -2.00. The van der Waals surface area contributed by atoms with Gasteiger partial charge >= 0.3 is 0 Å². The van der Waals surface area contributed by atoms with Crippen LogP contribution >= 0.6 is 0 Å². The van der Waals surface area contributed by atoms with Crippen molar-refractivity contribution in [3.8, 4) is 0 Å². The van der Waals surface area contributed by atoms with Crippen LogP contribution in [-0.2, 0) is 0 Å². The van der Waals surface area contributed by atoms with Crippen molar-refractivity contribution in [1.29, 1.82) is 0 Å². The molecule has 0 saturated carbocycles. The molecule has 3 nitrogen and oxygen atoms in total. The number of aliphatic hydroxyl groups is 1. The highest BCUT2D eigenvalue weighted by molar-refractivity contribution is 5.68. The van der Waals surface area contributed by atoms with Gasteiger partial charge in [-0.05, 0) is 55.2 Å². The number of nitrogens with one attached hydrogen (secondary N) is 1. The molecule has 2 atom stereocenters. The lowest BCUT2D eigenvalue weighted by atomic mass is 9.66. The highest BCUT2D eigenvalue weighted by atomic mass is 16.3. The van der Waals surface area contributed by atoms with Crippen molar-refractivity contribution in [2.45, 2.75) is 39.0 Å². The molecule has 0 fully saturated rings. The SMILES string of the molecule is C=CC1=C(CC(C)C23C=C2C(O)=C(CN)C2=C3CCCC2)C=CCN1. The molecule has 0 spiro atoms. The second-order valence-electron chi connectivity index (χ2n) is 7.65. The van der Waals surface area contributed by atoms with Gasteiger partial charge in [-0.25, -0.2) is 0 Å². The fraction of sp³-hybridized carbons (Fsp3) is 0.455. The van der Waals surface area contributed by atoms with Crippen LogP contribution in [0.15, 0.2) is 70.2 Å². The molecule has 3 heteroatoms. The van der Waals surface area contributed by atoms with Crippen LogP contribution in [0.3, 0.4) is 0 Å². The smallest absolute Gasteiger partial charge is 0.124 e. The normalized spacial score (nSPS) is 29.0. The topological polar surface area (TPSA) is 58.3 Å². The number of dihydropyridines is 1. The molecule has 0 radical (unpaired) electrons. The van der Waals surface area contributed by atoms with Crippen molar-refractivity contribution in [1.82, 2.24) is 5.32 Å². The zero-order chi connectivity index (χ0) is 17.6. The van der Waals surface area contributed by atoms with Crippen LogP contribution in [0.1, 0.15) is 39.0 Å². The first-order valence-corrected chi connectivity index (χ1v) is 9.48. The van der Waals surface area contributed by atoms with Gasteiger partial charge in [-0.1, -0.05) is 37.3 Å². The molecule has 0 saturated heterocycles. The van der Waals surface area contributed by atoms with E-state index in [2.05, 4.69) is 37.0 Å². The zero-order valence-electron chi connectivity index (χ0n) is 15.1. The number of hydrogen-bond donors (Lipinski definition) is 3. The van der Waals surface area contributed by atoms with Crippen LogP contribution in [0.2, 0.25) is 0 Å². The van der Waals surface area contributed by atoms with Crippen LogP contribution in [0, 0.1) is 11.3 Å². The van der Waals surface area contributed by atoms with Crippen LogP contribution in [-0.4, -0.2) is 18.2 Å². The summed E-state index contributed by atoms with van der Waals surface area (Å²) in [7, 11) is 0. The summed E-state index contributed by atoms with van der Waals surface area (Å²) < 4.78 is 0. The molecule has 25 heavy (non-hydrogen) atoms. The fourth-order valence-electron chi connectivity index (χ4n) is 5.08. The summed E-state index contributed by atoms with van der Waals surface area (Å²) in [6, 6.07) is 0. The van der Waals surface area contributed by atoms with E-state index in [1.807, 2.05) is 6.08 Å². The van der Waals surface area contributed by atoms with Gasteiger partial charge in [0.2, 0.25) is 0 Å². The molecule has 3 aliphatic carbocycles. The van der Waals surface area contributed by atoms with Crippen LogP contribution in [0.4, 0.5) is 0 Å². The second-order valence-corrected chi connectivity index (χ2v) is 7.65. The third kappa shape index (κ3) is 2.36. The quantitative estimate of drug-likeness (QED) is 0.705. The lowest BCUT2D eigenvalue weighted by Gasteiger charge is -2.38. The third-order valence-corrected chi connectivity index (χ3v) is 6.39. The maximum Gasteiger partial charge on any atom is 0.124 e. The molecule has 1 aliphatic heterocycles. The molecule has 132 valence electrons. The van der Waals surface area contributed by atoms with Gasteiger partial charge in [0, 0.05) is 35.3 Å². The van der Waals surface area contributed by atoms with E-state index in [9.17, 15) is 5.11 Å². The molecule has 4 rings (SSSR count). The maximum absolute atomic E-state index is 10.8. The van der Waals surface area contributed by atoms with Gasteiger partial charge in [-0.2, -0.15) is 0 Å². The van der Waals surface area contributed by atoms with E-state index >= 15 is 0 Å². The molecular weight excluding hydrogens is 308 g/mol. The molecule has 4 N–H and O–H groups in total. The van der Waals surface area contributed by atoms with Crippen molar-refractivity contribution in [3.05, 3.63) is 70.2 Å². The minimum Gasteiger partial charge on any atom is -0.507 e. The number of rotatable bonds is 5. The zero-order valence-corrected chi connectivity index (χ0v) is 15.1. The summed E-state index contributed by atoms with van der Waals surface area (Å²) in [5.74, 6) is 0.881. The standard InChI is InChI=1S/C22H28N2O/c1-3-20-15(7-6-10-24-20)11-14(2)22-12-19(22)21(25)17(13-23)16-8-4-5-9-18(16)22/h3,6-7,12,14,24-25H,1,4-5,8-11,13,23H2,2H3. The predicted octanol–water partition coefficient (Wildman–Crippen LogP) is 4.19. The lowest BCUT2D eigenvalue weighted by Crippen LogP contribution is -2.29. The van der Waals surface area contributed by atoms with Crippen molar-refractivity contribution in [2.24, 2.45) is 17.1 Å². The Bertz CT molecular complexity index is 778. The second kappa shape index (κ2) is 6.06. The van der Waals surface area contributed by atoms with Gasteiger partial charge in [0.1, 0.15) is 5.76 Å². The predicted molar refractivity (Wildman–Crippen MR) is 103 cm³/mol. The van der Waals surface area contributed by atoms with E-state index < -0.39 is 0 Å². The minimum atomic E-state index is -0.0386. The number of hydrogen-bond acceptors (Lipinski definition) is 3.